The van der Waals surface area contributed by atoms with E-state index in [9.17, 15) is 4.39 Å². The van der Waals surface area contributed by atoms with Crippen LogP contribution >= 0.6 is 0 Å². The van der Waals surface area contributed by atoms with Crippen LogP contribution in [0.5, 0.6) is 0 Å². The van der Waals surface area contributed by atoms with Gasteiger partial charge in [0.25, 0.3) is 0 Å². The fourth-order valence-electron chi connectivity index (χ4n) is 4.38. The van der Waals surface area contributed by atoms with Gasteiger partial charge >= 0.3 is 0 Å². The van der Waals surface area contributed by atoms with Gasteiger partial charge in [0.1, 0.15) is 0 Å². The smallest absolute Gasteiger partial charge is 0.191 e. The monoisotopic (exact) mass is 390 g/mol. The van der Waals surface area contributed by atoms with E-state index in [0.717, 1.165) is 38.6 Å². The van der Waals surface area contributed by atoms with E-state index in [4.69, 9.17) is 9.73 Å². The number of hydrogen-bond acceptors (Lipinski definition) is 5. The van der Waals surface area contributed by atoms with Gasteiger partial charge < -0.3 is 20.3 Å². The molecule has 0 spiro atoms. The Morgan fingerprint density at radius 2 is 2.29 bits per heavy atom. The summed E-state index contributed by atoms with van der Waals surface area (Å²) in [5.41, 5.74) is 0. The zero-order valence-electron chi connectivity index (χ0n) is 16.6. The predicted octanol–water partition coefficient (Wildman–Crippen LogP) is 1.22. The van der Waals surface area contributed by atoms with Gasteiger partial charge in [-0.3, -0.25) is 9.89 Å². The molecule has 1 aromatic heterocycles. The van der Waals surface area contributed by atoms with Crippen molar-refractivity contribution in [1.82, 2.24) is 20.5 Å². The quantitative estimate of drug-likeness (QED) is 0.582. The molecule has 2 N–H and O–H groups in total. The Kier molecular flexibility index (Phi) is 6.26. The number of morpholine rings is 1. The van der Waals surface area contributed by atoms with Crippen molar-refractivity contribution in [3.8, 4) is 0 Å². The van der Waals surface area contributed by atoms with E-state index in [1.54, 1.807) is 12.3 Å². The molecule has 3 aliphatic heterocycles. The molecule has 3 fully saturated rings. The van der Waals surface area contributed by atoms with E-state index in [0.29, 0.717) is 24.9 Å². The van der Waals surface area contributed by atoms with Crippen molar-refractivity contribution < 1.29 is 9.13 Å². The van der Waals surface area contributed by atoms with Gasteiger partial charge in [0, 0.05) is 44.5 Å². The van der Waals surface area contributed by atoms with Crippen LogP contribution in [0.25, 0.3) is 0 Å². The van der Waals surface area contributed by atoms with Gasteiger partial charge in [0.2, 0.25) is 0 Å². The van der Waals surface area contributed by atoms with Gasteiger partial charge in [-0.25, -0.2) is 9.37 Å². The molecule has 3 atom stereocenters. The van der Waals surface area contributed by atoms with Crippen molar-refractivity contribution in [1.29, 1.82) is 0 Å². The number of hydrogen-bond donors (Lipinski definition) is 2. The van der Waals surface area contributed by atoms with Crippen LogP contribution in [-0.4, -0.2) is 79.9 Å². The topological polar surface area (TPSA) is 65.0 Å². The zero-order chi connectivity index (χ0) is 19.3. The lowest BCUT2D eigenvalue weighted by atomic mass is 10.2. The Morgan fingerprint density at radius 1 is 1.36 bits per heavy atom. The summed E-state index contributed by atoms with van der Waals surface area (Å²) in [6, 6.07) is 3.92. The van der Waals surface area contributed by atoms with E-state index in [-0.39, 0.29) is 18.0 Å². The van der Waals surface area contributed by atoms with Gasteiger partial charge in [0.15, 0.2) is 17.6 Å². The molecule has 0 aromatic carbocycles. The van der Waals surface area contributed by atoms with Crippen molar-refractivity contribution in [2.75, 3.05) is 50.8 Å². The van der Waals surface area contributed by atoms with E-state index in [2.05, 4.69) is 27.4 Å². The van der Waals surface area contributed by atoms with Gasteiger partial charge in [-0.15, -0.1) is 0 Å². The summed E-state index contributed by atoms with van der Waals surface area (Å²) in [4.78, 5) is 13.5. The van der Waals surface area contributed by atoms with Crippen molar-refractivity contribution in [3.63, 3.8) is 0 Å². The number of aliphatic imine (C=N–C) groups is 1. The summed E-state index contributed by atoms with van der Waals surface area (Å²) in [5.74, 6) is 0.978. The first-order chi connectivity index (χ1) is 13.7. The molecular weight excluding hydrogens is 359 g/mol. The lowest BCUT2D eigenvalue weighted by Crippen LogP contribution is -2.48. The van der Waals surface area contributed by atoms with E-state index < -0.39 is 0 Å². The average molecular weight is 391 g/mol. The minimum atomic E-state index is -0.265. The van der Waals surface area contributed by atoms with Crippen molar-refractivity contribution in [2.24, 2.45) is 4.99 Å². The van der Waals surface area contributed by atoms with Crippen molar-refractivity contribution >= 4 is 11.8 Å². The largest absolute Gasteiger partial charge is 0.373 e. The number of anilines is 1. The van der Waals surface area contributed by atoms with Gasteiger partial charge in [-0.05, 0) is 44.9 Å². The average Bonchev–Trinajstić information content (AvgIpc) is 3.35. The highest BCUT2D eigenvalue weighted by molar-refractivity contribution is 5.80. The van der Waals surface area contributed by atoms with Crippen LogP contribution in [0.4, 0.5) is 10.2 Å². The highest BCUT2D eigenvalue weighted by Crippen LogP contribution is 2.23. The summed E-state index contributed by atoms with van der Waals surface area (Å²) < 4.78 is 20.0. The molecule has 1 aromatic rings. The first kappa shape index (κ1) is 19.4. The second-order valence-electron chi connectivity index (χ2n) is 7.85. The Hall–Kier alpha value is -1.93. The maximum absolute atomic E-state index is 14.0. The first-order valence-corrected chi connectivity index (χ1v) is 10.5. The van der Waals surface area contributed by atoms with Crippen LogP contribution < -0.4 is 15.5 Å². The minimum Gasteiger partial charge on any atom is -0.373 e. The van der Waals surface area contributed by atoms with E-state index in [1.165, 1.54) is 25.5 Å². The summed E-state index contributed by atoms with van der Waals surface area (Å²) >= 11 is 0. The van der Waals surface area contributed by atoms with Crippen LogP contribution in [-0.2, 0) is 4.74 Å². The number of nitrogens with zero attached hydrogens (tertiary/aromatic N) is 4. The molecule has 7 nitrogen and oxygen atoms in total. The lowest BCUT2D eigenvalue weighted by molar-refractivity contribution is -0.0432. The Balaban J connectivity index is 1.31. The third-order valence-corrected chi connectivity index (χ3v) is 5.83. The number of rotatable bonds is 5. The Bertz CT molecular complexity index is 686. The second-order valence-corrected chi connectivity index (χ2v) is 7.85. The van der Waals surface area contributed by atoms with Gasteiger partial charge in [-0.1, -0.05) is 0 Å². The van der Waals surface area contributed by atoms with Crippen molar-refractivity contribution in [2.45, 2.75) is 44.4 Å². The highest BCUT2D eigenvalue weighted by atomic mass is 19.1. The Morgan fingerprint density at radius 3 is 3.14 bits per heavy atom. The van der Waals surface area contributed by atoms with Crippen LogP contribution in [0.15, 0.2) is 23.3 Å². The fourth-order valence-corrected chi connectivity index (χ4v) is 4.38. The molecule has 3 aliphatic rings. The number of halogens is 1. The predicted molar refractivity (Wildman–Crippen MR) is 108 cm³/mol. The summed E-state index contributed by atoms with van der Waals surface area (Å²) in [7, 11) is 0. The standard InChI is InChI=1S/C20H31FN6O/c1-2-22-20(24-11-17-13-26-9-4-5-16(26)14-28-17)25-15-7-10-27(12-15)19-18(21)6-3-8-23-19/h3,6,8,15-17H,2,4-5,7,9-14H2,1H3,(H2,22,24,25). The van der Waals surface area contributed by atoms with Crippen LogP contribution in [0.2, 0.25) is 0 Å². The van der Waals surface area contributed by atoms with Gasteiger partial charge in [0.05, 0.1) is 19.3 Å². The molecule has 28 heavy (non-hydrogen) atoms. The molecule has 0 bridgehead atoms. The maximum Gasteiger partial charge on any atom is 0.191 e. The maximum atomic E-state index is 14.0. The van der Waals surface area contributed by atoms with Gasteiger partial charge in [-0.2, -0.15) is 0 Å². The molecule has 4 rings (SSSR count). The molecule has 0 saturated carbocycles. The number of nitrogens with one attached hydrogen (secondary N) is 2. The molecule has 3 saturated heterocycles. The van der Waals surface area contributed by atoms with Crippen LogP contribution in [0, 0.1) is 5.82 Å². The molecule has 154 valence electrons. The van der Waals surface area contributed by atoms with E-state index in [1.807, 2.05) is 4.90 Å². The minimum absolute atomic E-state index is 0.160. The number of ether oxygens (including phenoxy) is 1. The number of aromatic nitrogens is 1. The zero-order valence-corrected chi connectivity index (χ0v) is 16.6. The van der Waals surface area contributed by atoms with Crippen LogP contribution in [0.3, 0.4) is 0 Å². The lowest BCUT2D eigenvalue weighted by Gasteiger charge is -2.34. The SMILES string of the molecule is CCNC(=NCC1CN2CCCC2CO1)NC1CCN(c2ncccc2F)C1. The van der Waals surface area contributed by atoms with E-state index >= 15 is 0 Å². The molecule has 0 aliphatic carbocycles. The molecule has 0 amide bonds. The molecule has 0 radical (unpaired) electrons. The normalized spacial score (nSPS) is 28.4. The molecular formula is C20H31FN6O. The fraction of sp³-hybridized carbons (Fsp3) is 0.700. The number of guanidine groups is 1. The summed E-state index contributed by atoms with van der Waals surface area (Å²) in [6.07, 6.45) is 5.26. The molecule has 3 unspecified atom stereocenters. The summed E-state index contributed by atoms with van der Waals surface area (Å²) in [6.45, 7) is 8.02. The Labute approximate surface area is 166 Å². The number of fused-ring (bicyclic) bond motifs is 1. The van der Waals surface area contributed by atoms with Crippen LogP contribution in [0.1, 0.15) is 26.2 Å². The highest BCUT2D eigenvalue weighted by Gasteiger charge is 2.32. The number of pyridine rings is 1. The third kappa shape index (κ3) is 4.55. The first-order valence-electron chi connectivity index (χ1n) is 10.5. The van der Waals surface area contributed by atoms with Crippen molar-refractivity contribution in [3.05, 3.63) is 24.1 Å². The molecule has 8 heteroatoms. The third-order valence-electron chi connectivity index (χ3n) is 5.83. The second kappa shape index (κ2) is 9.05. The molecule has 4 heterocycles. The summed E-state index contributed by atoms with van der Waals surface area (Å²) in [5, 5.41) is 6.82.